The van der Waals surface area contributed by atoms with Gasteiger partial charge in [-0.25, -0.2) is 13.1 Å². The lowest BCUT2D eigenvalue weighted by Crippen LogP contribution is -2.56. The van der Waals surface area contributed by atoms with E-state index in [4.69, 9.17) is 35.5 Å². The maximum absolute atomic E-state index is 14.5. The lowest BCUT2D eigenvalue weighted by Gasteiger charge is -2.41. The van der Waals surface area contributed by atoms with Gasteiger partial charge in [0, 0.05) is 80.7 Å². The molecule has 1 aliphatic carbocycles. The van der Waals surface area contributed by atoms with E-state index in [9.17, 15) is 23.3 Å². The molecule has 2 N–H and O–H groups in total. The Labute approximate surface area is 406 Å². The molecule has 69 heavy (non-hydrogen) atoms. The van der Waals surface area contributed by atoms with Gasteiger partial charge in [-0.15, -0.1) is 0 Å². The molecule has 3 aromatic carbocycles. The highest BCUT2D eigenvalue weighted by Crippen LogP contribution is 2.44. The van der Waals surface area contributed by atoms with Gasteiger partial charge in [-0.05, 0) is 96.8 Å². The number of carbonyl (C=O) groups excluding carboxylic acids is 1. The van der Waals surface area contributed by atoms with Crippen molar-refractivity contribution in [2.24, 2.45) is 5.41 Å². The number of benzene rings is 3. The summed E-state index contributed by atoms with van der Waals surface area (Å²) < 4.78 is 53.5. The second kappa shape index (κ2) is 19.6. The molecule has 0 radical (unpaired) electrons. The normalized spacial score (nSPS) is 20.5. The summed E-state index contributed by atoms with van der Waals surface area (Å²) in [4.78, 5) is 42.5. The number of nitrogens with one attached hydrogen (secondary N) is 2. The highest BCUT2D eigenvalue weighted by atomic mass is 35.5. The standard InChI is InChI=1S/C50H57ClN8O9S/c1-50(2)14-12-35(42(27-50)33-4-6-36(51)7-5-33)28-55-17-19-56(20-18-55)37-8-10-41(43(25-37)58-16-3-22-67-49-45(58)24-34-13-15-52-47(34)53-49)48(60)54-69(63,64)40-9-11-46(44(26-40)59(61)62)68-32-39-29-57(21-23-66-39)38-30-65-31-38/h4-11,13,15,24-26,38-39H,3,12,14,16-23,27-32H2,1-2H3,(H,52,53)(H,54,60)/t39-/m1/s1. The minimum atomic E-state index is -4.63. The molecule has 1 amide bonds. The van der Waals surface area contributed by atoms with E-state index < -0.39 is 31.4 Å². The monoisotopic (exact) mass is 980 g/mol. The van der Waals surface area contributed by atoms with E-state index >= 15 is 0 Å². The molecule has 0 bridgehead atoms. The second-order valence-electron chi connectivity index (χ2n) is 19.3. The number of hydrogen-bond donors (Lipinski definition) is 2. The molecule has 0 unspecified atom stereocenters. The molecule has 10 rings (SSSR count). The Hall–Kier alpha value is -5.76. The Morgan fingerprint density at radius 3 is 2.57 bits per heavy atom. The van der Waals surface area contributed by atoms with Crippen LogP contribution >= 0.6 is 11.6 Å². The predicted molar refractivity (Wildman–Crippen MR) is 263 cm³/mol. The number of ether oxygens (including phenoxy) is 4. The van der Waals surface area contributed by atoms with Crippen LogP contribution in [0.2, 0.25) is 5.02 Å². The number of anilines is 3. The zero-order valence-electron chi connectivity index (χ0n) is 38.8. The molecule has 17 nitrogen and oxygen atoms in total. The number of piperazine rings is 1. The van der Waals surface area contributed by atoms with Crippen molar-refractivity contribution in [3.05, 3.63) is 111 Å². The highest BCUT2D eigenvalue weighted by molar-refractivity contribution is 7.90. The van der Waals surface area contributed by atoms with Gasteiger partial charge >= 0.3 is 5.69 Å². The van der Waals surface area contributed by atoms with Crippen molar-refractivity contribution in [3.63, 3.8) is 0 Å². The molecule has 19 heteroatoms. The third-order valence-electron chi connectivity index (χ3n) is 14.0. The van der Waals surface area contributed by atoms with Crippen LogP contribution in [-0.4, -0.2) is 137 Å². The summed E-state index contributed by atoms with van der Waals surface area (Å²) in [6.45, 7) is 12.7. The Kier molecular flexibility index (Phi) is 13.3. The smallest absolute Gasteiger partial charge is 0.312 e. The number of halogens is 1. The molecule has 5 aliphatic rings. The molecular formula is C50H57ClN8O9S. The summed E-state index contributed by atoms with van der Waals surface area (Å²) in [7, 11) is -4.63. The number of fused-ring (bicyclic) bond motifs is 2. The van der Waals surface area contributed by atoms with Crippen LogP contribution in [0.25, 0.3) is 16.6 Å². The Morgan fingerprint density at radius 1 is 0.986 bits per heavy atom. The number of carbonyl (C=O) groups is 1. The number of amides is 1. The van der Waals surface area contributed by atoms with E-state index in [1.807, 2.05) is 41.3 Å². The number of sulfonamides is 1. The molecule has 2 aromatic heterocycles. The van der Waals surface area contributed by atoms with Gasteiger partial charge in [0.25, 0.3) is 15.9 Å². The maximum Gasteiger partial charge on any atom is 0.312 e. The first-order chi connectivity index (χ1) is 33.3. The van der Waals surface area contributed by atoms with Gasteiger partial charge in [0.15, 0.2) is 5.75 Å². The predicted octanol–water partition coefficient (Wildman–Crippen LogP) is 7.43. The van der Waals surface area contributed by atoms with Crippen LogP contribution in [-0.2, 0) is 19.5 Å². The van der Waals surface area contributed by atoms with Crippen molar-refractivity contribution in [3.8, 4) is 11.6 Å². The van der Waals surface area contributed by atoms with Crippen molar-refractivity contribution < 1.29 is 37.1 Å². The lowest BCUT2D eigenvalue weighted by molar-refractivity contribution is -0.386. The van der Waals surface area contributed by atoms with Gasteiger partial charge in [-0.2, -0.15) is 4.98 Å². The van der Waals surface area contributed by atoms with Crippen molar-refractivity contribution >= 4 is 66.9 Å². The molecule has 1 atom stereocenters. The lowest BCUT2D eigenvalue weighted by atomic mass is 9.72. The van der Waals surface area contributed by atoms with Crippen molar-refractivity contribution in [2.45, 2.75) is 56.6 Å². The Balaban J connectivity index is 0.899. The summed E-state index contributed by atoms with van der Waals surface area (Å²) >= 11 is 6.28. The zero-order chi connectivity index (χ0) is 47.9. The summed E-state index contributed by atoms with van der Waals surface area (Å²) in [6.07, 6.45) is 5.23. The van der Waals surface area contributed by atoms with E-state index in [0.717, 1.165) is 80.7 Å². The number of hydrogen-bond acceptors (Lipinski definition) is 14. The van der Waals surface area contributed by atoms with Crippen molar-refractivity contribution in [1.82, 2.24) is 24.5 Å². The number of pyridine rings is 1. The molecular weight excluding hydrogens is 924 g/mol. The molecule has 0 saturated carbocycles. The highest BCUT2D eigenvalue weighted by Gasteiger charge is 2.34. The number of rotatable bonds is 13. The van der Waals surface area contributed by atoms with Crippen LogP contribution < -0.4 is 24.0 Å². The zero-order valence-corrected chi connectivity index (χ0v) is 40.4. The summed E-state index contributed by atoms with van der Waals surface area (Å²) in [5.41, 5.74) is 6.50. The number of nitrogens with zero attached hydrogens (tertiary/aromatic N) is 6. The van der Waals surface area contributed by atoms with Gasteiger partial charge in [0.1, 0.15) is 24.0 Å². The number of nitro groups is 1. The first-order valence-corrected chi connectivity index (χ1v) is 25.5. The third-order valence-corrected chi connectivity index (χ3v) is 15.6. The summed E-state index contributed by atoms with van der Waals surface area (Å²) in [5, 5.41) is 13.9. The molecule has 5 aromatic rings. The Morgan fingerprint density at radius 2 is 1.80 bits per heavy atom. The molecule has 6 heterocycles. The van der Waals surface area contributed by atoms with Gasteiger partial charge in [-0.1, -0.05) is 43.2 Å². The minimum Gasteiger partial charge on any atom is -0.484 e. The number of morpholine rings is 1. The fourth-order valence-electron chi connectivity index (χ4n) is 10.0. The third kappa shape index (κ3) is 10.3. The summed E-state index contributed by atoms with van der Waals surface area (Å²) in [6, 6.07) is 21.1. The molecule has 0 spiro atoms. The van der Waals surface area contributed by atoms with E-state index in [-0.39, 0.29) is 29.4 Å². The quantitative estimate of drug-likeness (QED) is 0.0877. The second-order valence-corrected chi connectivity index (χ2v) is 21.4. The number of H-pyrrole nitrogens is 1. The van der Waals surface area contributed by atoms with Crippen molar-refractivity contribution in [1.29, 1.82) is 0 Å². The number of allylic oxidation sites excluding steroid dienone is 1. The van der Waals surface area contributed by atoms with Gasteiger partial charge < -0.3 is 33.7 Å². The van der Waals surface area contributed by atoms with Crippen LogP contribution in [0.5, 0.6) is 11.6 Å². The molecule has 3 fully saturated rings. The van der Waals surface area contributed by atoms with Crippen LogP contribution in [0.3, 0.4) is 0 Å². The molecule has 3 saturated heterocycles. The van der Waals surface area contributed by atoms with E-state index in [1.54, 1.807) is 12.3 Å². The largest absolute Gasteiger partial charge is 0.484 e. The minimum absolute atomic E-state index is 0.0286. The van der Waals surface area contributed by atoms with Crippen LogP contribution in [0.1, 0.15) is 55.5 Å². The first kappa shape index (κ1) is 46.9. The topological polar surface area (TPSA) is 185 Å². The van der Waals surface area contributed by atoms with E-state index in [2.05, 4.69) is 50.4 Å². The molecule has 4 aliphatic heterocycles. The summed E-state index contributed by atoms with van der Waals surface area (Å²) in [5.74, 6) is -0.626. The SMILES string of the molecule is CC1(C)CCC(CN2CCN(c3ccc(C(=O)NS(=O)(=O)c4ccc(OC[C@H]5CN(C6COC6)CCO5)c([N+](=O)[O-])c4)c(N4CCCOc5nc6[nH]ccc6cc54)c3)CC2)=C(c2ccc(Cl)cc2)C1. The first-order valence-electron chi connectivity index (χ1n) is 23.7. The number of nitro benzene ring substituents is 1. The van der Waals surface area contributed by atoms with E-state index in [1.165, 1.54) is 28.8 Å². The van der Waals surface area contributed by atoms with Gasteiger partial charge in [0.2, 0.25) is 5.88 Å². The van der Waals surface area contributed by atoms with Crippen LogP contribution in [0.15, 0.2) is 89.5 Å². The Bertz CT molecular complexity index is 2880. The number of aromatic nitrogens is 2. The van der Waals surface area contributed by atoms with Crippen molar-refractivity contribution in [2.75, 3.05) is 95.2 Å². The van der Waals surface area contributed by atoms with Crippen LogP contribution in [0.4, 0.5) is 22.7 Å². The van der Waals surface area contributed by atoms with E-state index in [0.29, 0.717) is 74.9 Å². The fourth-order valence-corrected chi connectivity index (χ4v) is 11.1. The number of aromatic amines is 1. The maximum atomic E-state index is 14.5. The average Bonchev–Trinajstić information content (AvgIpc) is 3.68. The van der Waals surface area contributed by atoms with Gasteiger partial charge in [-0.3, -0.25) is 24.7 Å². The van der Waals surface area contributed by atoms with Crippen LogP contribution in [0, 0.1) is 15.5 Å². The molecule has 364 valence electrons. The van der Waals surface area contributed by atoms with Gasteiger partial charge in [0.05, 0.1) is 53.5 Å². The fraction of sp³-hybridized carbons (Fsp3) is 0.440. The average molecular weight is 982 g/mol.